The highest BCUT2D eigenvalue weighted by Crippen LogP contribution is 2.04. The number of carbonyl (C=O) groups excluding carboxylic acids is 3. The van der Waals surface area contributed by atoms with Gasteiger partial charge >= 0.3 is 5.97 Å². The van der Waals surface area contributed by atoms with Crippen LogP contribution in [0.15, 0.2) is 0 Å². The van der Waals surface area contributed by atoms with E-state index in [4.69, 9.17) is 10.8 Å². The lowest BCUT2D eigenvalue weighted by molar-refractivity contribution is -0.142. The largest absolute Gasteiger partial charge is 0.480 e. The molecule has 4 unspecified atom stereocenters. The van der Waals surface area contributed by atoms with Crippen molar-refractivity contribution >= 4 is 23.7 Å². The van der Waals surface area contributed by atoms with Gasteiger partial charge in [0.2, 0.25) is 17.7 Å². The van der Waals surface area contributed by atoms with Crippen LogP contribution in [0.5, 0.6) is 0 Å². The third-order valence-corrected chi connectivity index (χ3v) is 3.81. The second-order valence-corrected chi connectivity index (χ2v) is 6.81. The van der Waals surface area contributed by atoms with E-state index in [9.17, 15) is 24.3 Å². The molecular formula is C16H30N4O6. The molecule has 0 saturated carbocycles. The van der Waals surface area contributed by atoms with Gasteiger partial charge in [0.05, 0.1) is 12.6 Å². The monoisotopic (exact) mass is 374 g/mol. The summed E-state index contributed by atoms with van der Waals surface area (Å²) in [6.07, 6.45) is 0. The van der Waals surface area contributed by atoms with Gasteiger partial charge in [0.15, 0.2) is 0 Å². The highest BCUT2D eigenvalue weighted by molar-refractivity contribution is 5.94. The minimum absolute atomic E-state index is 0.163. The minimum atomic E-state index is -1.28. The van der Waals surface area contributed by atoms with Crippen molar-refractivity contribution in [1.82, 2.24) is 16.0 Å². The normalized spacial score (nSPS) is 15.7. The first-order valence-corrected chi connectivity index (χ1v) is 8.42. The summed E-state index contributed by atoms with van der Waals surface area (Å²) in [4.78, 5) is 47.3. The topological polar surface area (TPSA) is 171 Å². The second-order valence-electron chi connectivity index (χ2n) is 6.81. The Morgan fingerprint density at radius 1 is 0.846 bits per heavy atom. The first kappa shape index (κ1) is 23.8. The molecule has 0 heterocycles. The molecule has 0 fully saturated rings. The maximum Gasteiger partial charge on any atom is 0.325 e. The van der Waals surface area contributed by atoms with Gasteiger partial charge in [-0.25, -0.2) is 0 Å². The Morgan fingerprint density at radius 3 is 1.77 bits per heavy atom. The number of nitrogens with one attached hydrogen (secondary N) is 3. The maximum absolute atomic E-state index is 12.3. The molecule has 0 aliphatic rings. The molecule has 4 atom stereocenters. The second kappa shape index (κ2) is 10.7. The fraction of sp³-hybridized carbons (Fsp3) is 0.750. The van der Waals surface area contributed by atoms with Gasteiger partial charge in [0, 0.05) is 0 Å². The number of nitrogens with two attached hydrogens (primary N) is 1. The van der Waals surface area contributed by atoms with Gasteiger partial charge in [-0.2, -0.15) is 0 Å². The van der Waals surface area contributed by atoms with E-state index in [2.05, 4.69) is 16.0 Å². The van der Waals surface area contributed by atoms with E-state index in [0.717, 1.165) is 0 Å². The lowest BCUT2D eigenvalue weighted by Crippen LogP contribution is -2.59. The summed E-state index contributed by atoms with van der Waals surface area (Å²) in [5, 5.41) is 25.3. The predicted octanol–water partition coefficient (Wildman–Crippen LogP) is -1.82. The van der Waals surface area contributed by atoms with Gasteiger partial charge < -0.3 is 31.9 Å². The zero-order valence-electron chi connectivity index (χ0n) is 15.8. The van der Waals surface area contributed by atoms with E-state index in [1.54, 1.807) is 27.7 Å². The fourth-order valence-electron chi connectivity index (χ4n) is 1.92. The standard InChI is InChI=1S/C16H30N4O6/c1-7(2)11(17)14(23)19-10(6-21)13(22)20-12(8(3)4)15(24)18-9(5)16(25)26/h7-12,21H,6,17H2,1-5H3,(H,18,24)(H,19,23)(H,20,22)(H,25,26). The molecular weight excluding hydrogens is 344 g/mol. The van der Waals surface area contributed by atoms with Crippen molar-refractivity contribution in [2.75, 3.05) is 6.61 Å². The van der Waals surface area contributed by atoms with Gasteiger partial charge in [0.25, 0.3) is 0 Å². The van der Waals surface area contributed by atoms with Crippen LogP contribution in [-0.4, -0.2) is 64.7 Å². The zero-order chi connectivity index (χ0) is 20.6. The fourth-order valence-corrected chi connectivity index (χ4v) is 1.92. The SMILES string of the molecule is CC(NC(=O)C(NC(=O)C(CO)NC(=O)C(N)C(C)C)C(C)C)C(=O)O. The average Bonchev–Trinajstić information content (AvgIpc) is 2.55. The molecule has 0 bridgehead atoms. The Kier molecular flexibility index (Phi) is 9.81. The summed E-state index contributed by atoms with van der Waals surface area (Å²) in [5.41, 5.74) is 5.70. The molecule has 0 radical (unpaired) electrons. The van der Waals surface area contributed by atoms with Crippen LogP contribution in [0.3, 0.4) is 0 Å². The molecule has 10 nitrogen and oxygen atoms in total. The Hall–Kier alpha value is -2.20. The number of carbonyl (C=O) groups is 4. The highest BCUT2D eigenvalue weighted by atomic mass is 16.4. The maximum atomic E-state index is 12.3. The van der Waals surface area contributed by atoms with Crippen LogP contribution >= 0.6 is 0 Å². The summed E-state index contributed by atoms with van der Waals surface area (Å²) in [6, 6.07) is -4.29. The van der Waals surface area contributed by atoms with E-state index in [0.29, 0.717) is 0 Å². The average molecular weight is 374 g/mol. The van der Waals surface area contributed by atoms with Crippen LogP contribution in [0.2, 0.25) is 0 Å². The van der Waals surface area contributed by atoms with Crippen molar-refractivity contribution in [3.63, 3.8) is 0 Å². The third-order valence-electron chi connectivity index (χ3n) is 3.81. The van der Waals surface area contributed by atoms with Crippen LogP contribution in [0, 0.1) is 11.8 Å². The number of aliphatic hydroxyl groups excluding tert-OH is 1. The molecule has 10 heteroatoms. The van der Waals surface area contributed by atoms with E-state index < -0.39 is 54.5 Å². The van der Waals surface area contributed by atoms with Gasteiger partial charge in [-0.15, -0.1) is 0 Å². The summed E-state index contributed by atoms with van der Waals surface area (Å²) in [6.45, 7) is 7.42. The molecule has 0 spiro atoms. The Labute approximate surface area is 152 Å². The molecule has 3 amide bonds. The third kappa shape index (κ3) is 7.36. The van der Waals surface area contributed by atoms with Gasteiger partial charge in [-0.1, -0.05) is 27.7 Å². The molecule has 0 aromatic carbocycles. The van der Waals surface area contributed by atoms with Gasteiger partial charge in [0.1, 0.15) is 18.1 Å². The quantitative estimate of drug-likeness (QED) is 0.261. The van der Waals surface area contributed by atoms with E-state index in [1.807, 2.05) is 0 Å². The van der Waals surface area contributed by atoms with E-state index in [-0.39, 0.29) is 11.8 Å². The van der Waals surface area contributed by atoms with Crippen molar-refractivity contribution in [3.05, 3.63) is 0 Å². The summed E-state index contributed by atoms with van der Waals surface area (Å²) in [7, 11) is 0. The number of carboxylic acid groups (broad SMARTS) is 1. The number of carboxylic acids is 1. The number of hydrogen-bond donors (Lipinski definition) is 6. The van der Waals surface area contributed by atoms with Crippen LogP contribution < -0.4 is 21.7 Å². The first-order valence-electron chi connectivity index (χ1n) is 8.42. The molecule has 0 aromatic heterocycles. The summed E-state index contributed by atoms with van der Waals surface area (Å²) >= 11 is 0. The number of aliphatic hydroxyl groups is 1. The lowest BCUT2D eigenvalue weighted by atomic mass is 10.0. The minimum Gasteiger partial charge on any atom is -0.480 e. The van der Waals surface area contributed by atoms with Crippen LogP contribution in [0.25, 0.3) is 0 Å². The molecule has 0 aliphatic heterocycles. The number of rotatable bonds is 10. The number of amides is 3. The molecule has 150 valence electrons. The van der Waals surface area contributed by atoms with Crippen molar-refractivity contribution in [3.8, 4) is 0 Å². The molecule has 0 aromatic rings. The van der Waals surface area contributed by atoms with Gasteiger partial charge in [-0.3, -0.25) is 19.2 Å². The summed E-state index contributed by atoms with van der Waals surface area (Å²) in [5.74, 6) is -3.77. The molecule has 0 rings (SSSR count). The summed E-state index contributed by atoms with van der Waals surface area (Å²) < 4.78 is 0. The smallest absolute Gasteiger partial charge is 0.325 e. The lowest BCUT2D eigenvalue weighted by Gasteiger charge is -2.26. The Balaban J connectivity index is 5.03. The molecule has 0 saturated heterocycles. The molecule has 0 aliphatic carbocycles. The first-order chi connectivity index (χ1) is 11.9. The van der Waals surface area contributed by atoms with E-state index in [1.165, 1.54) is 6.92 Å². The number of hydrogen-bond acceptors (Lipinski definition) is 6. The van der Waals surface area contributed by atoms with Crippen molar-refractivity contribution in [2.24, 2.45) is 17.6 Å². The Morgan fingerprint density at radius 2 is 1.38 bits per heavy atom. The van der Waals surface area contributed by atoms with Crippen LogP contribution in [0.1, 0.15) is 34.6 Å². The van der Waals surface area contributed by atoms with Crippen LogP contribution in [0.4, 0.5) is 0 Å². The highest BCUT2D eigenvalue weighted by Gasteiger charge is 2.31. The van der Waals surface area contributed by atoms with E-state index >= 15 is 0 Å². The Bertz CT molecular complexity index is 523. The zero-order valence-corrected chi connectivity index (χ0v) is 15.8. The van der Waals surface area contributed by atoms with Crippen molar-refractivity contribution in [1.29, 1.82) is 0 Å². The van der Waals surface area contributed by atoms with Gasteiger partial charge in [-0.05, 0) is 18.8 Å². The number of aliphatic carboxylic acids is 1. The predicted molar refractivity (Wildman–Crippen MR) is 93.8 cm³/mol. The molecule has 7 N–H and O–H groups in total. The van der Waals surface area contributed by atoms with Crippen molar-refractivity contribution < 1.29 is 29.4 Å². The van der Waals surface area contributed by atoms with Crippen LogP contribution in [-0.2, 0) is 19.2 Å². The molecule has 26 heavy (non-hydrogen) atoms. The van der Waals surface area contributed by atoms with Crippen molar-refractivity contribution in [2.45, 2.75) is 58.8 Å².